The minimum atomic E-state index is 0. The molecule has 7 heteroatoms. The summed E-state index contributed by atoms with van der Waals surface area (Å²) in [5.41, 5.74) is 1.02. The van der Waals surface area contributed by atoms with Gasteiger partial charge in [-0.25, -0.2) is 4.98 Å². The molecule has 0 bridgehead atoms. The number of nitrogens with one attached hydrogen (secondary N) is 2. The van der Waals surface area contributed by atoms with Crippen LogP contribution in [0.25, 0.3) is 0 Å². The van der Waals surface area contributed by atoms with Crippen LogP contribution in [0, 0.1) is 12.8 Å². The Morgan fingerprint density at radius 2 is 2.41 bits per heavy atom. The Morgan fingerprint density at radius 3 is 2.94 bits per heavy atom. The van der Waals surface area contributed by atoms with Crippen molar-refractivity contribution >= 4 is 42.1 Å². The lowest BCUT2D eigenvalue weighted by atomic mass is 10.1. The second kappa shape index (κ2) is 7.87. The van der Waals surface area contributed by atoms with Crippen LogP contribution in [0.3, 0.4) is 0 Å². The van der Waals surface area contributed by atoms with Gasteiger partial charge in [0.05, 0.1) is 12.5 Å². The summed E-state index contributed by atoms with van der Waals surface area (Å²) in [4.78, 5) is 15.9. The second-order valence-corrected chi connectivity index (χ2v) is 4.73. The van der Waals surface area contributed by atoms with Gasteiger partial charge in [0.2, 0.25) is 5.91 Å². The Morgan fingerprint density at radius 1 is 1.65 bits per heavy atom. The molecule has 1 aliphatic rings. The third-order valence-corrected chi connectivity index (χ3v) is 3.48. The van der Waals surface area contributed by atoms with E-state index in [9.17, 15) is 4.79 Å². The van der Waals surface area contributed by atoms with Crippen molar-refractivity contribution in [3.63, 3.8) is 0 Å². The quantitative estimate of drug-likeness (QED) is 0.889. The summed E-state index contributed by atoms with van der Waals surface area (Å²) in [7, 11) is 0. The highest BCUT2D eigenvalue weighted by Gasteiger charge is 2.21. The molecule has 98 valence electrons. The first-order chi connectivity index (χ1) is 7.25. The lowest BCUT2D eigenvalue weighted by molar-refractivity contribution is -0.124. The van der Waals surface area contributed by atoms with Crippen molar-refractivity contribution in [2.24, 2.45) is 5.92 Å². The Kier molecular flexibility index (Phi) is 7.70. The van der Waals surface area contributed by atoms with Gasteiger partial charge in [0.1, 0.15) is 5.01 Å². The largest absolute Gasteiger partial charge is 0.349 e. The van der Waals surface area contributed by atoms with E-state index in [4.69, 9.17) is 0 Å². The maximum atomic E-state index is 11.7. The number of hydrogen-bond donors (Lipinski definition) is 2. The Balaban J connectivity index is 0.00000128. The molecule has 0 aliphatic carbocycles. The van der Waals surface area contributed by atoms with Gasteiger partial charge in [-0.3, -0.25) is 4.79 Å². The van der Waals surface area contributed by atoms with Crippen LogP contribution in [0.4, 0.5) is 0 Å². The van der Waals surface area contributed by atoms with Gasteiger partial charge in [-0.05, 0) is 19.9 Å². The number of aromatic nitrogens is 1. The SMILES string of the molecule is Cc1csc(CNC(=O)C2CCNC2)n1.Cl.Cl. The first kappa shape index (κ1) is 16.6. The zero-order chi connectivity index (χ0) is 10.7. The smallest absolute Gasteiger partial charge is 0.224 e. The van der Waals surface area contributed by atoms with Crippen LogP contribution in [-0.2, 0) is 11.3 Å². The van der Waals surface area contributed by atoms with Crippen LogP contribution in [0.1, 0.15) is 17.1 Å². The van der Waals surface area contributed by atoms with Gasteiger partial charge < -0.3 is 10.6 Å². The number of amides is 1. The molecule has 1 aromatic heterocycles. The molecule has 1 fully saturated rings. The van der Waals surface area contributed by atoms with Crippen molar-refractivity contribution < 1.29 is 4.79 Å². The summed E-state index contributed by atoms with van der Waals surface area (Å²) < 4.78 is 0. The molecule has 0 spiro atoms. The van der Waals surface area contributed by atoms with Crippen molar-refractivity contribution in [1.29, 1.82) is 0 Å². The molecule has 2 N–H and O–H groups in total. The van der Waals surface area contributed by atoms with E-state index in [1.54, 1.807) is 11.3 Å². The average molecular weight is 298 g/mol. The lowest BCUT2D eigenvalue weighted by Crippen LogP contribution is -2.31. The molecule has 1 amide bonds. The maximum Gasteiger partial charge on any atom is 0.224 e. The number of hydrogen-bond acceptors (Lipinski definition) is 4. The topological polar surface area (TPSA) is 54.0 Å². The summed E-state index contributed by atoms with van der Waals surface area (Å²) in [5.74, 6) is 0.291. The van der Waals surface area contributed by atoms with Crippen LogP contribution in [0.2, 0.25) is 0 Å². The van der Waals surface area contributed by atoms with Gasteiger partial charge in [-0.15, -0.1) is 36.2 Å². The maximum absolute atomic E-state index is 11.7. The van der Waals surface area contributed by atoms with Crippen LogP contribution >= 0.6 is 36.2 Å². The Labute approximate surface area is 117 Å². The van der Waals surface area contributed by atoms with Gasteiger partial charge in [-0.1, -0.05) is 0 Å². The highest BCUT2D eigenvalue weighted by atomic mass is 35.5. The zero-order valence-corrected chi connectivity index (χ0v) is 12.0. The second-order valence-electron chi connectivity index (χ2n) is 3.79. The molecule has 1 saturated heterocycles. The molecule has 0 radical (unpaired) electrons. The first-order valence-corrected chi connectivity index (χ1v) is 6.03. The van der Waals surface area contributed by atoms with Crippen LogP contribution in [0.5, 0.6) is 0 Å². The number of halogens is 2. The summed E-state index contributed by atoms with van der Waals surface area (Å²) in [5, 5.41) is 9.08. The monoisotopic (exact) mass is 297 g/mol. The van der Waals surface area contributed by atoms with Crippen molar-refractivity contribution in [2.75, 3.05) is 13.1 Å². The molecule has 0 aromatic carbocycles. The Bertz CT molecular complexity index is 353. The number of rotatable bonds is 3. The predicted octanol–water partition coefficient (Wildman–Crippen LogP) is 1.52. The minimum absolute atomic E-state index is 0. The molecule has 1 atom stereocenters. The van der Waals surface area contributed by atoms with Gasteiger partial charge in [0.15, 0.2) is 0 Å². The number of nitrogens with zero attached hydrogens (tertiary/aromatic N) is 1. The molecule has 4 nitrogen and oxygen atoms in total. The molecule has 1 unspecified atom stereocenters. The molecule has 1 aromatic rings. The fourth-order valence-electron chi connectivity index (χ4n) is 1.67. The number of thiazole rings is 1. The zero-order valence-electron chi connectivity index (χ0n) is 9.56. The number of carbonyl (C=O) groups is 1. The highest BCUT2D eigenvalue weighted by molar-refractivity contribution is 7.09. The fraction of sp³-hybridized carbons (Fsp3) is 0.600. The molecule has 0 saturated carbocycles. The Hall–Kier alpha value is -0.360. The highest BCUT2D eigenvalue weighted by Crippen LogP contribution is 2.10. The van der Waals surface area contributed by atoms with E-state index in [0.29, 0.717) is 6.54 Å². The predicted molar refractivity (Wildman–Crippen MR) is 74.2 cm³/mol. The molecular weight excluding hydrogens is 281 g/mol. The summed E-state index contributed by atoms with van der Waals surface area (Å²) in [6, 6.07) is 0. The van der Waals surface area contributed by atoms with Crippen molar-refractivity contribution in [3.8, 4) is 0 Å². The van der Waals surface area contributed by atoms with Crippen LogP contribution in [-0.4, -0.2) is 24.0 Å². The lowest BCUT2D eigenvalue weighted by Gasteiger charge is -2.07. The molecular formula is C10H17Cl2N3OS. The summed E-state index contributed by atoms with van der Waals surface area (Å²) in [6.07, 6.45) is 0.947. The van der Waals surface area contributed by atoms with Gasteiger partial charge in [0.25, 0.3) is 0 Å². The minimum Gasteiger partial charge on any atom is -0.349 e. The molecule has 17 heavy (non-hydrogen) atoms. The molecule has 1 aliphatic heterocycles. The van der Waals surface area contributed by atoms with E-state index in [0.717, 1.165) is 30.2 Å². The third kappa shape index (κ3) is 4.79. The number of carbonyl (C=O) groups excluding carboxylic acids is 1. The van der Waals surface area contributed by atoms with Gasteiger partial charge in [0, 0.05) is 17.6 Å². The van der Waals surface area contributed by atoms with Gasteiger partial charge in [-0.2, -0.15) is 0 Å². The van der Waals surface area contributed by atoms with E-state index in [1.807, 2.05) is 12.3 Å². The van der Waals surface area contributed by atoms with E-state index in [-0.39, 0.29) is 36.6 Å². The fourth-order valence-corrected chi connectivity index (χ4v) is 2.38. The van der Waals surface area contributed by atoms with Crippen LogP contribution < -0.4 is 10.6 Å². The summed E-state index contributed by atoms with van der Waals surface area (Å²) >= 11 is 1.59. The molecule has 2 rings (SSSR count). The van der Waals surface area contributed by atoms with E-state index in [2.05, 4.69) is 15.6 Å². The average Bonchev–Trinajstić information content (AvgIpc) is 2.84. The van der Waals surface area contributed by atoms with Crippen molar-refractivity contribution in [2.45, 2.75) is 19.9 Å². The van der Waals surface area contributed by atoms with Crippen molar-refractivity contribution in [1.82, 2.24) is 15.6 Å². The van der Waals surface area contributed by atoms with Crippen molar-refractivity contribution in [3.05, 3.63) is 16.1 Å². The van der Waals surface area contributed by atoms with E-state index >= 15 is 0 Å². The standard InChI is InChI=1S/C10H15N3OS.2ClH/c1-7-6-15-9(13-7)5-12-10(14)8-2-3-11-4-8;;/h6,8,11H,2-5H2,1H3,(H,12,14);2*1H. The molecule has 2 heterocycles. The van der Waals surface area contributed by atoms with E-state index in [1.165, 1.54) is 0 Å². The van der Waals surface area contributed by atoms with Crippen LogP contribution in [0.15, 0.2) is 5.38 Å². The third-order valence-electron chi connectivity index (χ3n) is 2.51. The first-order valence-electron chi connectivity index (χ1n) is 5.15. The van der Waals surface area contributed by atoms with E-state index < -0.39 is 0 Å². The summed E-state index contributed by atoms with van der Waals surface area (Å²) in [6.45, 7) is 4.29. The number of aryl methyl sites for hydroxylation is 1. The van der Waals surface area contributed by atoms with Gasteiger partial charge >= 0.3 is 0 Å². The normalized spacial score (nSPS) is 18.1.